The Bertz CT molecular complexity index is 823. The van der Waals surface area contributed by atoms with Crippen LogP contribution in [0.2, 0.25) is 0 Å². The van der Waals surface area contributed by atoms with Gasteiger partial charge in [0.15, 0.2) is 11.6 Å². The topological polar surface area (TPSA) is 66.8 Å². The van der Waals surface area contributed by atoms with Gasteiger partial charge in [0.05, 0.1) is 13.5 Å². The fourth-order valence-electron chi connectivity index (χ4n) is 2.51. The van der Waals surface area contributed by atoms with E-state index in [1.54, 1.807) is 25.1 Å². The molecule has 0 aliphatic carbocycles. The maximum absolute atomic E-state index is 13.4. The molecule has 0 spiro atoms. The van der Waals surface area contributed by atoms with Crippen LogP contribution < -0.4 is 4.74 Å². The van der Waals surface area contributed by atoms with Gasteiger partial charge in [-0.15, -0.1) is 0 Å². The summed E-state index contributed by atoms with van der Waals surface area (Å²) in [5.41, 5.74) is 1.42. The molecule has 0 aromatic heterocycles. The van der Waals surface area contributed by atoms with E-state index in [4.69, 9.17) is 9.84 Å². The van der Waals surface area contributed by atoms with Gasteiger partial charge in [0.1, 0.15) is 5.75 Å². The monoisotopic (exact) mass is 363 g/mol. The average Bonchev–Trinajstić information content (AvgIpc) is 2.60. The average molecular weight is 363 g/mol. The Hall–Kier alpha value is -2.96. The number of carboxylic acids is 1. The highest BCUT2D eigenvalue weighted by atomic mass is 19.2. The highest BCUT2D eigenvalue weighted by molar-refractivity contribution is 5.96. The lowest BCUT2D eigenvalue weighted by molar-refractivity contribution is -0.137. The van der Waals surface area contributed by atoms with E-state index in [0.29, 0.717) is 22.4 Å². The molecule has 0 radical (unpaired) electrons. The molecule has 0 aliphatic rings. The van der Waals surface area contributed by atoms with Gasteiger partial charge in [-0.2, -0.15) is 0 Å². The van der Waals surface area contributed by atoms with E-state index in [0.717, 1.165) is 12.1 Å². The third-order valence-electron chi connectivity index (χ3n) is 3.90. The molecule has 0 saturated carbocycles. The number of benzene rings is 2. The summed E-state index contributed by atoms with van der Waals surface area (Å²) in [4.78, 5) is 25.1. The van der Waals surface area contributed by atoms with Crippen molar-refractivity contribution in [3.05, 3.63) is 64.7 Å². The lowest BCUT2D eigenvalue weighted by Crippen LogP contribution is -2.33. The fraction of sp³-hybridized carbons (Fsp3) is 0.263. The zero-order valence-electron chi connectivity index (χ0n) is 14.5. The first-order chi connectivity index (χ1) is 12.3. The van der Waals surface area contributed by atoms with Gasteiger partial charge < -0.3 is 14.7 Å². The lowest BCUT2D eigenvalue weighted by Gasteiger charge is -2.23. The molecule has 0 atom stereocenters. The van der Waals surface area contributed by atoms with E-state index >= 15 is 0 Å². The first-order valence-corrected chi connectivity index (χ1v) is 7.91. The number of ether oxygens (including phenoxy) is 1. The zero-order chi connectivity index (χ0) is 19.3. The molecule has 138 valence electrons. The van der Waals surface area contributed by atoms with Crippen LogP contribution in [0.3, 0.4) is 0 Å². The molecule has 7 heteroatoms. The van der Waals surface area contributed by atoms with Gasteiger partial charge in [-0.05, 0) is 48.4 Å². The van der Waals surface area contributed by atoms with Crippen molar-refractivity contribution < 1.29 is 28.2 Å². The minimum atomic E-state index is -1.06. The third kappa shape index (κ3) is 4.78. The summed E-state index contributed by atoms with van der Waals surface area (Å²) >= 11 is 0. The van der Waals surface area contributed by atoms with Crippen LogP contribution in [0.4, 0.5) is 8.78 Å². The quantitative estimate of drug-likeness (QED) is 0.819. The number of amides is 1. The SMILES string of the molecule is COc1ccc(C(=O)N(CCC(=O)O)Cc2ccc(F)c(F)c2)c(C)c1. The van der Waals surface area contributed by atoms with Crippen molar-refractivity contribution in [1.82, 2.24) is 4.90 Å². The zero-order valence-corrected chi connectivity index (χ0v) is 14.5. The molecule has 0 bridgehead atoms. The summed E-state index contributed by atoms with van der Waals surface area (Å²) in [6.45, 7) is 1.65. The van der Waals surface area contributed by atoms with Crippen LogP contribution in [0.25, 0.3) is 0 Å². The van der Waals surface area contributed by atoms with Crippen LogP contribution in [0, 0.1) is 18.6 Å². The van der Waals surface area contributed by atoms with Crippen molar-refractivity contribution in [2.45, 2.75) is 19.9 Å². The number of carboxylic acid groups (broad SMARTS) is 1. The van der Waals surface area contributed by atoms with E-state index in [1.165, 1.54) is 18.1 Å². The van der Waals surface area contributed by atoms with Crippen LogP contribution in [0.5, 0.6) is 5.75 Å². The van der Waals surface area contributed by atoms with Crippen molar-refractivity contribution in [2.24, 2.45) is 0 Å². The summed E-state index contributed by atoms with van der Waals surface area (Å²) in [5.74, 6) is -2.86. The van der Waals surface area contributed by atoms with Crippen molar-refractivity contribution >= 4 is 11.9 Å². The molecule has 0 saturated heterocycles. The molecule has 2 aromatic rings. The molecular formula is C19H19F2NO4. The Balaban J connectivity index is 2.29. The van der Waals surface area contributed by atoms with Crippen LogP contribution in [0.15, 0.2) is 36.4 Å². The van der Waals surface area contributed by atoms with E-state index in [1.807, 2.05) is 0 Å². The standard InChI is InChI=1S/C19H19F2NO4/c1-12-9-14(26-2)4-5-15(12)19(25)22(8-7-18(23)24)11-13-3-6-16(20)17(21)10-13/h3-6,9-10H,7-8,11H2,1-2H3,(H,23,24). The number of rotatable bonds is 7. The lowest BCUT2D eigenvalue weighted by atomic mass is 10.1. The molecular weight excluding hydrogens is 344 g/mol. The number of aliphatic carboxylic acids is 1. The minimum Gasteiger partial charge on any atom is -0.497 e. The van der Waals surface area contributed by atoms with Crippen molar-refractivity contribution in [2.75, 3.05) is 13.7 Å². The van der Waals surface area contributed by atoms with E-state index in [-0.39, 0.29) is 19.5 Å². The van der Waals surface area contributed by atoms with Gasteiger partial charge in [-0.25, -0.2) is 8.78 Å². The summed E-state index contributed by atoms with van der Waals surface area (Å²) in [7, 11) is 1.51. The summed E-state index contributed by atoms with van der Waals surface area (Å²) in [6, 6.07) is 8.25. The number of halogens is 2. The number of hydrogen-bond donors (Lipinski definition) is 1. The predicted octanol–water partition coefficient (Wildman–Crippen LogP) is 3.40. The molecule has 0 fully saturated rings. The Morgan fingerprint density at radius 2 is 1.85 bits per heavy atom. The van der Waals surface area contributed by atoms with E-state index in [9.17, 15) is 18.4 Å². The third-order valence-corrected chi connectivity index (χ3v) is 3.90. The second-order valence-electron chi connectivity index (χ2n) is 5.80. The Kier molecular flexibility index (Phi) is 6.27. The molecule has 2 rings (SSSR count). The van der Waals surface area contributed by atoms with E-state index < -0.39 is 23.5 Å². The molecule has 1 amide bonds. The largest absolute Gasteiger partial charge is 0.497 e. The molecule has 26 heavy (non-hydrogen) atoms. The van der Waals surface area contributed by atoms with Gasteiger partial charge in [0.2, 0.25) is 0 Å². The molecule has 0 aliphatic heterocycles. The first kappa shape index (κ1) is 19.4. The Labute approximate surface area is 149 Å². The summed E-state index contributed by atoms with van der Waals surface area (Å²) < 4.78 is 31.6. The van der Waals surface area contributed by atoms with Crippen LogP contribution in [0.1, 0.15) is 27.9 Å². The maximum atomic E-state index is 13.4. The van der Waals surface area contributed by atoms with Crippen LogP contribution in [-0.4, -0.2) is 35.5 Å². The van der Waals surface area contributed by atoms with Gasteiger partial charge in [0, 0.05) is 18.7 Å². The predicted molar refractivity (Wildman–Crippen MR) is 91.1 cm³/mol. The summed E-state index contributed by atoms with van der Waals surface area (Å²) in [6.07, 6.45) is -0.259. The van der Waals surface area contributed by atoms with Gasteiger partial charge in [-0.1, -0.05) is 6.07 Å². The summed E-state index contributed by atoms with van der Waals surface area (Å²) in [5, 5.41) is 8.92. The Morgan fingerprint density at radius 1 is 1.12 bits per heavy atom. The van der Waals surface area contributed by atoms with Gasteiger partial charge in [-0.3, -0.25) is 9.59 Å². The molecule has 1 N–H and O–H groups in total. The van der Waals surface area contributed by atoms with Crippen molar-refractivity contribution in [3.8, 4) is 5.75 Å². The second kappa shape index (κ2) is 8.42. The van der Waals surface area contributed by atoms with E-state index in [2.05, 4.69) is 0 Å². The molecule has 5 nitrogen and oxygen atoms in total. The highest BCUT2D eigenvalue weighted by Crippen LogP contribution is 2.20. The number of aryl methyl sites for hydroxylation is 1. The molecule has 0 unspecified atom stereocenters. The van der Waals surface area contributed by atoms with Gasteiger partial charge in [0.25, 0.3) is 5.91 Å². The molecule has 2 aromatic carbocycles. The smallest absolute Gasteiger partial charge is 0.305 e. The first-order valence-electron chi connectivity index (χ1n) is 7.91. The minimum absolute atomic E-state index is 0.0330. The number of carbonyl (C=O) groups excluding carboxylic acids is 1. The van der Waals surface area contributed by atoms with Crippen LogP contribution in [-0.2, 0) is 11.3 Å². The number of nitrogens with zero attached hydrogens (tertiary/aromatic N) is 1. The number of carbonyl (C=O) groups is 2. The number of hydrogen-bond acceptors (Lipinski definition) is 3. The maximum Gasteiger partial charge on any atom is 0.305 e. The molecule has 0 heterocycles. The second-order valence-corrected chi connectivity index (χ2v) is 5.80. The fourth-order valence-corrected chi connectivity index (χ4v) is 2.51. The number of methoxy groups -OCH3 is 1. The van der Waals surface area contributed by atoms with Crippen molar-refractivity contribution in [1.29, 1.82) is 0 Å². The van der Waals surface area contributed by atoms with Crippen LogP contribution >= 0.6 is 0 Å². The van der Waals surface area contributed by atoms with Gasteiger partial charge >= 0.3 is 5.97 Å². The highest BCUT2D eigenvalue weighted by Gasteiger charge is 2.20. The normalized spacial score (nSPS) is 10.5. The Morgan fingerprint density at radius 3 is 2.42 bits per heavy atom. The van der Waals surface area contributed by atoms with Crippen molar-refractivity contribution in [3.63, 3.8) is 0 Å².